The molecule has 30 heavy (non-hydrogen) atoms. The largest absolute Gasteiger partial charge is 0.348 e. The van der Waals surface area contributed by atoms with Crippen LogP contribution in [0.3, 0.4) is 0 Å². The van der Waals surface area contributed by atoms with Crippen molar-refractivity contribution in [2.75, 3.05) is 6.54 Å². The van der Waals surface area contributed by atoms with Gasteiger partial charge in [-0.2, -0.15) is 0 Å². The lowest BCUT2D eigenvalue weighted by atomic mass is 9.85. The molecule has 1 saturated heterocycles. The van der Waals surface area contributed by atoms with Crippen LogP contribution in [-0.4, -0.2) is 29.3 Å². The summed E-state index contributed by atoms with van der Waals surface area (Å²) in [4.78, 5) is 39.6. The fraction of sp³-hybridized carbons (Fsp3) is 0.348. The van der Waals surface area contributed by atoms with Crippen LogP contribution < -0.4 is 10.6 Å². The van der Waals surface area contributed by atoms with E-state index in [1.54, 1.807) is 0 Å². The zero-order chi connectivity index (χ0) is 21.7. The second kappa shape index (κ2) is 9.43. The third-order valence-corrected chi connectivity index (χ3v) is 5.93. The Morgan fingerprint density at radius 1 is 1.13 bits per heavy atom. The molecule has 1 aliphatic rings. The second-order valence-electron chi connectivity index (χ2n) is 7.54. The van der Waals surface area contributed by atoms with E-state index in [-0.39, 0.29) is 24.4 Å². The highest BCUT2D eigenvalue weighted by Gasteiger charge is 2.52. The van der Waals surface area contributed by atoms with Gasteiger partial charge in [0.25, 0.3) is 5.91 Å². The number of benzene rings is 2. The number of amides is 4. The van der Waals surface area contributed by atoms with Gasteiger partial charge in [0.05, 0.1) is 6.04 Å². The highest BCUT2D eigenvalue weighted by molar-refractivity contribution is 9.10. The topological polar surface area (TPSA) is 78.5 Å². The molecule has 2 N–H and O–H groups in total. The van der Waals surface area contributed by atoms with E-state index in [1.165, 1.54) is 0 Å². The molecule has 6 nitrogen and oxygen atoms in total. The van der Waals surface area contributed by atoms with Crippen molar-refractivity contribution in [3.63, 3.8) is 0 Å². The zero-order valence-electron chi connectivity index (χ0n) is 17.2. The molecule has 2 atom stereocenters. The highest BCUT2D eigenvalue weighted by atomic mass is 79.9. The number of nitrogens with one attached hydrogen (secondary N) is 2. The van der Waals surface area contributed by atoms with Crippen LogP contribution in [-0.2, 0) is 15.1 Å². The minimum atomic E-state index is -1.12. The number of halogens is 1. The van der Waals surface area contributed by atoms with Gasteiger partial charge < -0.3 is 10.6 Å². The number of hydrogen-bond donors (Lipinski definition) is 2. The first-order valence-corrected chi connectivity index (χ1v) is 10.9. The van der Waals surface area contributed by atoms with Crippen molar-refractivity contribution in [2.45, 2.75) is 44.7 Å². The van der Waals surface area contributed by atoms with Crippen LogP contribution >= 0.6 is 15.9 Å². The number of imide groups is 1. The molecule has 2 aromatic rings. The molecule has 0 aliphatic carbocycles. The molecule has 2 aromatic carbocycles. The average Bonchev–Trinajstić information content (AvgIpc) is 2.98. The maximum atomic E-state index is 13.3. The van der Waals surface area contributed by atoms with Crippen LogP contribution in [0.2, 0.25) is 0 Å². The number of hydrogen-bond acceptors (Lipinski definition) is 3. The summed E-state index contributed by atoms with van der Waals surface area (Å²) in [7, 11) is 0. The van der Waals surface area contributed by atoms with E-state index in [4.69, 9.17) is 0 Å². The molecule has 3 rings (SSSR count). The van der Waals surface area contributed by atoms with Crippen molar-refractivity contribution >= 4 is 33.8 Å². The first kappa shape index (κ1) is 22.0. The second-order valence-corrected chi connectivity index (χ2v) is 8.45. The van der Waals surface area contributed by atoms with Crippen LogP contribution in [0.4, 0.5) is 4.79 Å². The third-order valence-electron chi connectivity index (χ3n) is 5.40. The molecule has 2 unspecified atom stereocenters. The monoisotopic (exact) mass is 471 g/mol. The van der Waals surface area contributed by atoms with Crippen LogP contribution in [0.25, 0.3) is 0 Å². The molecular weight excluding hydrogens is 446 g/mol. The third kappa shape index (κ3) is 4.56. The van der Waals surface area contributed by atoms with E-state index in [1.807, 2.05) is 68.4 Å². The molecule has 1 aliphatic heterocycles. The molecule has 7 heteroatoms. The maximum absolute atomic E-state index is 13.3. The molecule has 0 bridgehead atoms. The fourth-order valence-electron chi connectivity index (χ4n) is 3.71. The minimum absolute atomic E-state index is 0.245. The number of urea groups is 1. The summed E-state index contributed by atoms with van der Waals surface area (Å²) in [6.45, 7) is 3.59. The lowest BCUT2D eigenvalue weighted by Crippen LogP contribution is -2.45. The number of carbonyl (C=O) groups is 3. The molecule has 0 spiro atoms. The van der Waals surface area contributed by atoms with Crippen molar-refractivity contribution in [2.24, 2.45) is 0 Å². The van der Waals surface area contributed by atoms with E-state index < -0.39 is 11.6 Å². The SMILES string of the molecule is CCCCC1(c2ccccc2)NC(=O)N(CC(=O)NC(C)c2ccc(Br)cc2)C1=O. The van der Waals surface area contributed by atoms with Crippen molar-refractivity contribution in [3.8, 4) is 0 Å². The predicted octanol–water partition coefficient (Wildman–Crippen LogP) is 4.26. The molecule has 158 valence electrons. The van der Waals surface area contributed by atoms with Crippen molar-refractivity contribution in [1.29, 1.82) is 0 Å². The minimum Gasteiger partial charge on any atom is -0.348 e. The average molecular weight is 472 g/mol. The highest BCUT2D eigenvalue weighted by Crippen LogP contribution is 2.34. The van der Waals surface area contributed by atoms with Crippen LogP contribution in [0.1, 0.15) is 50.3 Å². The smallest absolute Gasteiger partial charge is 0.325 e. The quantitative estimate of drug-likeness (QED) is 0.564. The van der Waals surface area contributed by atoms with Gasteiger partial charge in [-0.3, -0.25) is 14.5 Å². The van der Waals surface area contributed by atoms with E-state index in [0.717, 1.165) is 33.3 Å². The normalized spacial score (nSPS) is 19.5. The molecule has 1 heterocycles. The number of nitrogens with zero attached hydrogens (tertiary/aromatic N) is 1. The Balaban J connectivity index is 1.74. The summed E-state index contributed by atoms with van der Waals surface area (Å²) < 4.78 is 0.952. The standard InChI is InChI=1S/C23H26BrN3O3/c1-3-4-14-23(18-8-6-5-7-9-18)21(29)27(22(30)26-23)15-20(28)25-16(2)17-10-12-19(24)13-11-17/h5-13,16H,3-4,14-15H2,1-2H3,(H,25,28)(H,26,30). The molecular formula is C23H26BrN3O3. The van der Waals surface area contributed by atoms with Gasteiger partial charge in [-0.25, -0.2) is 4.79 Å². The summed E-state index contributed by atoms with van der Waals surface area (Å²) in [5.74, 6) is -0.758. The van der Waals surface area contributed by atoms with Gasteiger partial charge in [-0.05, 0) is 36.6 Å². The Morgan fingerprint density at radius 3 is 2.43 bits per heavy atom. The molecule has 4 amide bonds. The van der Waals surface area contributed by atoms with Gasteiger partial charge >= 0.3 is 6.03 Å². The molecule has 0 saturated carbocycles. The number of carbonyl (C=O) groups excluding carboxylic acids is 3. The Labute approximate surface area is 185 Å². The molecule has 1 fully saturated rings. The van der Waals surface area contributed by atoms with Crippen molar-refractivity contribution < 1.29 is 14.4 Å². The van der Waals surface area contributed by atoms with Gasteiger partial charge in [0, 0.05) is 4.47 Å². The zero-order valence-corrected chi connectivity index (χ0v) is 18.7. The Kier molecular flexibility index (Phi) is 6.92. The summed E-state index contributed by atoms with van der Waals surface area (Å²) in [5.41, 5.74) is 0.555. The van der Waals surface area contributed by atoms with Crippen LogP contribution in [0.5, 0.6) is 0 Å². The number of unbranched alkanes of at least 4 members (excludes halogenated alkanes) is 1. The van der Waals surface area contributed by atoms with Crippen LogP contribution in [0, 0.1) is 0 Å². The molecule has 0 aromatic heterocycles. The van der Waals surface area contributed by atoms with Crippen molar-refractivity contribution in [3.05, 3.63) is 70.2 Å². The van der Waals surface area contributed by atoms with E-state index in [0.29, 0.717) is 6.42 Å². The van der Waals surface area contributed by atoms with Gasteiger partial charge in [-0.1, -0.05) is 78.2 Å². The van der Waals surface area contributed by atoms with Crippen molar-refractivity contribution in [1.82, 2.24) is 15.5 Å². The Hall–Kier alpha value is -2.67. The van der Waals surface area contributed by atoms with E-state index in [2.05, 4.69) is 26.6 Å². The van der Waals surface area contributed by atoms with E-state index in [9.17, 15) is 14.4 Å². The maximum Gasteiger partial charge on any atom is 0.325 e. The number of rotatable bonds is 8. The van der Waals surface area contributed by atoms with Gasteiger partial charge in [-0.15, -0.1) is 0 Å². The first-order valence-electron chi connectivity index (χ1n) is 10.1. The summed E-state index contributed by atoms with van der Waals surface area (Å²) >= 11 is 3.39. The van der Waals surface area contributed by atoms with Gasteiger partial charge in [0.1, 0.15) is 12.1 Å². The fourth-order valence-corrected chi connectivity index (χ4v) is 3.97. The Bertz CT molecular complexity index is 917. The van der Waals surface area contributed by atoms with Gasteiger partial charge in [0.2, 0.25) is 5.91 Å². The lowest BCUT2D eigenvalue weighted by Gasteiger charge is -2.27. The lowest BCUT2D eigenvalue weighted by molar-refractivity contribution is -0.135. The first-order chi connectivity index (χ1) is 14.4. The summed E-state index contributed by atoms with van der Waals surface area (Å²) in [6, 6.07) is 16.1. The Morgan fingerprint density at radius 2 is 1.80 bits per heavy atom. The summed E-state index contributed by atoms with van der Waals surface area (Å²) in [5, 5.41) is 5.73. The van der Waals surface area contributed by atoms with Gasteiger partial charge in [0.15, 0.2) is 0 Å². The summed E-state index contributed by atoms with van der Waals surface area (Å²) in [6.07, 6.45) is 2.16. The molecule has 0 radical (unpaired) electrons. The van der Waals surface area contributed by atoms with Crippen LogP contribution in [0.15, 0.2) is 59.1 Å². The predicted molar refractivity (Wildman–Crippen MR) is 119 cm³/mol. The van der Waals surface area contributed by atoms with E-state index >= 15 is 0 Å².